The van der Waals surface area contributed by atoms with E-state index < -0.39 is 21.9 Å². The van der Waals surface area contributed by atoms with Crippen LogP contribution in [0.15, 0.2) is 41.3 Å². The van der Waals surface area contributed by atoms with Crippen LogP contribution in [0.25, 0.3) is 0 Å². The van der Waals surface area contributed by atoms with Gasteiger partial charge in [0.15, 0.2) is 0 Å². The smallest absolute Gasteiger partial charge is 0.246 e. The highest BCUT2D eigenvalue weighted by Gasteiger charge is 2.33. The van der Waals surface area contributed by atoms with Crippen molar-refractivity contribution in [2.75, 3.05) is 38.6 Å². The van der Waals surface area contributed by atoms with Crippen LogP contribution >= 0.6 is 11.6 Å². The molecule has 1 saturated heterocycles. The topological polar surface area (TPSA) is 79.0 Å². The number of methoxy groups -OCH3 is 1. The van der Waals surface area contributed by atoms with Crippen molar-refractivity contribution in [1.29, 1.82) is 0 Å². The predicted octanol–water partition coefficient (Wildman–Crippen LogP) is 3.13. The molecule has 1 heterocycles. The van der Waals surface area contributed by atoms with Gasteiger partial charge in [0.2, 0.25) is 15.9 Å². The van der Waals surface area contributed by atoms with Gasteiger partial charge in [-0.1, -0.05) is 23.7 Å². The Morgan fingerprint density at radius 3 is 2.45 bits per heavy atom. The summed E-state index contributed by atoms with van der Waals surface area (Å²) in [6.45, 7) is 4.61. The van der Waals surface area contributed by atoms with Gasteiger partial charge in [-0.3, -0.25) is 9.69 Å². The molecule has 1 aliphatic rings. The summed E-state index contributed by atoms with van der Waals surface area (Å²) in [7, 11) is -2.43. The van der Waals surface area contributed by atoms with Crippen LogP contribution in [0.4, 0.5) is 10.1 Å². The van der Waals surface area contributed by atoms with Crippen LogP contribution in [-0.4, -0.2) is 62.9 Å². The minimum Gasteiger partial charge on any atom is -0.495 e. The van der Waals surface area contributed by atoms with E-state index in [4.69, 9.17) is 16.3 Å². The zero-order valence-electron chi connectivity index (χ0n) is 17.6. The van der Waals surface area contributed by atoms with E-state index in [2.05, 4.69) is 5.32 Å². The number of nitrogens with zero attached hydrogens (tertiary/aromatic N) is 2. The second-order valence-corrected chi connectivity index (χ2v) is 9.65. The zero-order chi connectivity index (χ0) is 22.8. The molecule has 1 aliphatic heterocycles. The third-order valence-electron chi connectivity index (χ3n) is 5.39. The van der Waals surface area contributed by atoms with Gasteiger partial charge in [0.1, 0.15) is 16.5 Å². The molecule has 7 nitrogen and oxygen atoms in total. The number of benzene rings is 2. The van der Waals surface area contributed by atoms with E-state index in [9.17, 15) is 17.6 Å². The molecule has 1 N–H and O–H groups in total. The van der Waals surface area contributed by atoms with Crippen LogP contribution in [-0.2, 0) is 14.8 Å². The summed E-state index contributed by atoms with van der Waals surface area (Å²) in [6, 6.07) is 8.21. The number of sulfonamides is 1. The highest BCUT2D eigenvalue weighted by atomic mass is 35.5. The Labute approximate surface area is 186 Å². The molecule has 1 amide bonds. The number of carbonyl (C=O) groups is 1. The van der Waals surface area contributed by atoms with E-state index >= 15 is 0 Å². The molecule has 10 heteroatoms. The van der Waals surface area contributed by atoms with Crippen molar-refractivity contribution in [3.8, 4) is 5.75 Å². The number of amides is 1. The molecule has 1 unspecified atom stereocenters. The van der Waals surface area contributed by atoms with Gasteiger partial charge in [0.05, 0.1) is 18.8 Å². The second-order valence-electron chi connectivity index (χ2n) is 7.34. The maximum absolute atomic E-state index is 14.0. The summed E-state index contributed by atoms with van der Waals surface area (Å²) in [5.74, 6) is -0.563. The van der Waals surface area contributed by atoms with Crippen molar-refractivity contribution in [2.24, 2.45) is 0 Å². The Hall–Kier alpha value is -2.20. The fourth-order valence-electron chi connectivity index (χ4n) is 3.46. The molecule has 0 aromatic heterocycles. The van der Waals surface area contributed by atoms with E-state index in [-0.39, 0.29) is 23.9 Å². The third-order valence-corrected chi connectivity index (χ3v) is 7.73. The van der Waals surface area contributed by atoms with E-state index in [0.717, 1.165) is 11.6 Å². The van der Waals surface area contributed by atoms with Gasteiger partial charge < -0.3 is 10.1 Å². The lowest BCUT2D eigenvalue weighted by Crippen LogP contribution is -2.54. The summed E-state index contributed by atoms with van der Waals surface area (Å²) in [6.07, 6.45) is 0. The predicted molar refractivity (Wildman–Crippen MR) is 118 cm³/mol. The monoisotopic (exact) mass is 469 g/mol. The summed E-state index contributed by atoms with van der Waals surface area (Å²) < 4.78 is 46.0. The van der Waals surface area contributed by atoms with Crippen LogP contribution in [0.5, 0.6) is 5.75 Å². The first-order chi connectivity index (χ1) is 14.6. The average molecular weight is 470 g/mol. The number of rotatable bonds is 6. The summed E-state index contributed by atoms with van der Waals surface area (Å²) in [5, 5.41) is 3.39. The molecule has 2 aromatic rings. The Morgan fingerprint density at radius 2 is 1.84 bits per heavy atom. The van der Waals surface area contributed by atoms with Gasteiger partial charge in [-0.25, -0.2) is 12.8 Å². The third kappa shape index (κ3) is 5.01. The van der Waals surface area contributed by atoms with Crippen LogP contribution in [0.1, 0.15) is 12.5 Å². The Balaban J connectivity index is 1.65. The fraction of sp³-hybridized carbons (Fsp3) is 0.381. The van der Waals surface area contributed by atoms with Crippen molar-refractivity contribution in [2.45, 2.75) is 24.8 Å². The highest BCUT2D eigenvalue weighted by Crippen LogP contribution is 2.31. The van der Waals surface area contributed by atoms with Crippen LogP contribution in [0.3, 0.4) is 0 Å². The lowest BCUT2D eigenvalue weighted by atomic mass is 10.1. The molecule has 0 bridgehead atoms. The molecular weight excluding hydrogens is 445 g/mol. The first-order valence-electron chi connectivity index (χ1n) is 9.79. The Morgan fingerprint density at radius 1 is 1.19 bits per heavy atom. The van der Waals surface area contributed by atoms with Gasteiger partial charge >= 0.3 is 0 Å². The van der Waals surface area contributed by atoms with Crippen molar-refractivity contribution in [1.82, 2.24) is 9.21 Å². The lowest BCUT2D eigenvalue weighted by molar-refractivity contribution is -0.121. The zero-order valence-corrected chi connectivity index (χ0v) is 19.1. The van der Waals surface area contributed by atoms with Gasteiger partial charge in [0.25, 0.3) is 0 Å². The number of halogens is 2. The normalized spacial score (nSPS) is 16.7. The van der Waals surface area contributed by atoms with Crippen molar-refractivity contribution in [3.05, 3.63) is 52.8 Å². The lowest BCUT2D eigenvalue weighted by Gasteiger charge is -2.36. The van der Waals surface area contributed by atoms with Crippen LogP contribution < -0.4 is 10.1 Å². The van der Waals surface area contributed by atoms with Crippen molar-refractivity contribution < 1.29 is 22.3 Å². The number of aryl methyl sites for hydroxylation is 1. The van der Waals surface area contributed by atoms with Gasteiger partial charge in [-0.15, -0.1) is 0 Å². The van der Waals surface area contributed by atoms with Crippen molar-refractivity contribution >= 4 is 33.2 Å². The molecule has 1 atom stereocenters. The largest absolute Gasteiger partial charge is 0.495 e. The molecule has 0 saturated carbocycles. The van der Waals surface area contributed by atoms with E-state index in [1.165, 1.54) is 29.6 Å². The first-order valence-corrected chi connectivity index (χ1v) is 11.6. The molecule has 2 aromatic carbocycles. The SMILES string of the molecule is COc1cc(Cl)c(C)cc1NC(=O)C(C)N1CCN(S(=O)(=O)c2ccccc2F)CC1. The summed E-state index contributed by atoms with van der Waals surface area (Å²) in [5.41, 5.74) is 1.32. The van der Waals surface area contributed by atoms with Crippen LogP contribution in [0, 0.1) is 12.7 Å². The summed E-state index contributed by atoms with van der Waals surface area (Å²) >= 11 is 6.11. The maximum Gasteiger partial charge on any atom is 0.246 e. The van der Waals surface area contributed by atoms with Crippen molar-refractivity contribution in [3.63, 3.8) is 0 Å². The fourth-order valence-corrected chi connectivity index (χ4v) is 5.10. The number of carbonyl (C=O) groups excluding carboxylic acids is 1. The molecule has 3 rings (SSSR count). The number of nitrogens with one attached hydrogen (secondary N) is 1. The maximum atomic E-state index is 14.0. The molecule has 1 fully saturated rings. The molecular formula is C21H25ClFN3O4S. The van der Waals surface area contributed by atoms with E-state index in [1.807, 2.05) is 11.8 Å². The van der Waals surface area contributed by atoms with E-state index in [1.54, 1.807) is 19.1 Å². The standard InChI is InChI=1S/C21H25ClFN3O4S/c1-14-12-18(19(30-3)13-16(14)22)24-21(27)15(2)25-8-10-26(11-9-25)31(28,29)20-7-5-4-6-17(20)23/h4-7,12-13,15H,8-11H2,1-3H3,(H,24,27). The van der Waals surface area contributed by atoms with Gasteiger partial charge in [0, 0.05) is 37.3 Å². The van der Waals surface area contributed by atoms with Crippen LogP contribution in [0.2, 0.25) is 5.02 Å². The number of hydrogen-bond donors (Lipinski definition) is 1. The number of ether oxygens (including phenoxy) is 1. The molecule has 0 aliphatic carbocycles. The Kier molecular flexibility index (Phi) is 7.20. The first kappa shape index (κ1) is 23.5. The molecule has 31 heavy (non-hydrogen) atoms. The summed E-state index contributed by atoms with van der Waals surface area (Å²) in [4.78, 5) is 14.4. The number of anilines is 1. The van der Waals surface area contributed by atoms with Gasteiger partial charge in [-0.05, 0) is 37.6 Å². The highest BCUT2D eigenvalue weighted by molar-refractivity contribution is 7.89. The number of hydrogen-bond acceptors (Lipinski definition) is 5. The minimum atomic E-state index is -3.93. The number of piperazine rings is 1. The molecule has 0 spiro atoms. The van der Waals surface area contributed by atoms with Gasteiger partial charge in [-0.2, -0.15) is 4.31 Å². The Bertz CT molecular complexity index is 1070. The van der Waals surface area contributed by atoms with E-state index in [0.29, 0.717) is 29.5 Å². The average Bonchev–Trinajstić information content (AvgIpc) is 2.75. The quantitative estimate of drug-likeness (QED) is 0.703. The minimum absolute atomic E-state index is 0.164. The molecule has 0 radical (unpaired) electrons. The second kappa shape index (κ2) is 9.52. The molecule has 168 valence electrons.